The van der Waals surface area contributed by atoms with Crippen LogP contribution >= 0.6 is 18.2 Å². The standard InChI is InChI=1S/C15H17O5PS/c16-13-6-2-4-11(9-13)3-1-5-12-7-8-14(17)10-15(12)22-21(18,19)20/h2,4,6-10,16-17H,1,3,5H2,(H2,18,19,20). The Morgan fingerprint density at radius 2 is 1.68 bits per heavy atom. The van der Waals surface area contributed by atoms with Gasteiger partial charge >= 0.3 is 6.80 Å². The highest BCUT2D eigenvalue weighted by atomic mass is 32.7. The third-order valence-electron chi connectivity index (χ3n) is 3.09. The first-order valence-corrected chi connectivity index (χ1v) is 9.72. The molecule has 2 aromatic rings. The van der Waals surface area contributed by atoms with Crippen molar-refractivity contribution in [1.82, 2.24) is 0 Å². The normalized spacial score (nSPS) is 11.5. The largest absolute Gasteiger partial charge is 0.508 e. The molecule has 7 heteroatoms. The Hall–Kier alpha value is -1.46. The van der Waals surface area contributed by atoms with E-state index in [1.165, 1.54) is 12.1 Å². The molecule has 2 aromatic carbocycles. The maximum absolute atomic E-state index is 11.1. The third kappa shape index (κ3) is 5.39. The number of rotatable bonds is 6. The fraction of sp³-hybridized carbons (Fsp3) is 0.200. The van der Waals surface area contributed by atoms with Crippen LogP contribution in [0.2, 0.25) is 0 Å². The van der Waals surface area contributed by atoms with Gasteiger partial charge in [0.2, 0.25) is 0 Å². The van der Waals surface area contributed by atoms with Gasteiger partial charge in [-0.3, -0.25) is 0 Å². The fourth-order valence-electron chi connectivity index (χ4n) is 2.16. The van der Waals surface area contributed by atoms with Crippen molar-refractivity contribution >= 4 is 18.2 Å². The van der Waals surface area contributed by atoms with E-state index in [9.17, 15) is 14.8 Å². The molecule has 0 fully saturated rings. The van der Waals surface area contributed by atoms with Crippen molar-refractivity contribution in [2.75, 3.05) is 0 Å². The van der Waals surface area contributed by atoms with Crippen molar-refractivity contribution in [2.24, 2.45) is 0 Å². The second-order valence-corrected chi connectivity index (χ2v) is 8.48. The van der Waals surface area contributed by atoms with Crippen LogP contribution in [0.15, 0.2) is 47.4 Å². The average Bonchev–Trinajstić information content (AvgIpc) is 2.39. The van der Waals surface area contributed by atoms with Crippen molar-refractivity contribution in [3.63, 3.8) is 0 Å². The van der Waals surface area contributed by atoms with Crippen LogP contribution in [0.5, 0.6) is 11.5 Å². The van der Waals surface area contributed by atoms with Crippen LogP contribution in [0.4, 0.5) is 0 Å². The molecule has 118 valence electrons. The zero-order chi connectivity index (χ0) is 16.2. The Morgan fingerprint density at radius 1 is 0.955 bits per heavy atom. The van der Waals surface area contributed by atoms with Crippen molar-refractivity contribution < 1.29 is 24.6 Å². The SMILES string of the molecule is O=P(O)(O)Sc1cc(O)ccc1CCCc1cccc(O)c1. The Balaban J connectivity index is 2.04. The molecule has 0 saturated carbocycles. The molecule has 5 nitrogen and oxygen atoms in total. The molecular formula is C15H17O5PS. The molecule has 0 amide bonds. The summed E-state index contributed by atoms with van der Waals surface area (Å²) >= 11 is 0.457. The van der Waals surface area contributed by atoms with Crippen LogP contribution < -0.4 is 0 Å². The third-order valence-corrected chi connectivity index (χ3v) is 5.21. The van der Waals surface area contributed by atoms with E-state index in [-0.39, 0.29) is 11.5 Å². The first kappa shape index (κ1) is 16.9. The summed E-state index contributed by atoms with van der Waals surface area (Å²) < 4.78 is 11.1. The summed E-state index contributed by atoms with van der Waals surface area (Å²) in [6, 6.07) is 11.6. The van der Waals surface area contributed by atoms with Crippen LogP contribution in [-0.2, 0) is 17.4 Å². The lowest BCUT2D eigenvalue weighted by Gasteiger charge is -2.10. The van der Waals surface area contributed by atoms with Crippen molar-refractivity contribution in [1.29, 1.82) is 0 Å². The van der Waals surface area contributed by atoms with E-state index in [0.29, 0.717) is 22.7 Å². The van der Waals surface area contributed by atoms with E-state index < -0.39 is 6.80 Å². The zero-order valence-corrected chi connectivity index (χ0v) is 13.4. The Labute approximate surface area is 132 Å². The van der Waals surface area contributed by atoms with Crippen molar-refractivity contribution in [3.05, 3.63) is 53.6 Å². The van der Waals surface area contributed by atoms with E-state index in [1.807, 2.05) is 6.07 Å². The van der Waals surface area contributed by atoms with Gasteiger partial charge in [-0.05, 0) is 66.0 Å². The molecule has 0 atom stereocenters. The molecule has 0 radical (unpaired) electrons. The molecule has 2 rings (SSSR count). The van der Waals surface area contributed by atoms with Crippen LogP contribution in [-0.4, -0.2) is 20.0 Å². The predicted molar refractivity (Wildman–Crippen MR) is 86.1 cm³/mol. The quantitative estimate of drug-likeness (QED) is 0.601. The van der Waals surface area contributed by atoms with E-state index in [1.54, 1.807) is 24.3 Å². The Bertz CT molecular complexity index is 698. The number of phenolic OH excluding ortho intramolecular Hbond substituents is 2. The molecule has 4 N–H and O–H groups in total. The van der Waals surface area contributed by atoms with Gasteiger partial charge in [0.05, 0.1) is 0 Å². The van der Waals surface area contributed by atoms with Crippen molar-refractivity contribution in [2.45, 2.75) is 24.2 Å². The topological polar surface area (TPSA) is 98.0 Å². The van der Waals surface area contributed by atoms with Crippen LogP contribution in [0, 0.1) is 0 Å². The zero-order valence-electron chi connectivity index (χ0n) is 11.7. The smallest absolute Gasteiger partial charge is 0.388 e. The maximum Gasteiger partial charge on any atom is 0.388 e. The minimum atomic E-state index is -4.26. The summed E-state index contributed by atoms with van der Waals surface area (Å²) in [6.07, 6.45) is 2.14. The van der Waals surface area contributed by atoms with Gasteiger partial charge in [0.1, 0.15) is 11.5 Å². The second kappa shape index (κ2) is 7.20. The highest BCUT2D eigenvalue weighted by molar-refractivity contribution is 8.54. The van der Waals surface area contributed by atoms with E-state index >= 15 is 0 Å². The molecule has 0 spiro atoms. The minimum absolute atomic E-state index is 0.0207. The van der Waals surface area contributed by atoms with Gasteiger partial charge < -0.3 is 20.0 Å². The van der Waals surface area contributed by atoms with Gasteiger partial charge in [0.25, 0.3) is 0 Å². The van der Waals surface area contributed by atoms with Gasteiger partial charge in [-0.1, -0.05) is 18.2 Å². The van der Waals surface area contributed by atoms with Crippen molar-refractivity contribution in [3.8, 4) is 11.5 Å². The summed E-state index contributed by atoms with van der Waals surface area (Å²) in [4.78, 5) is 18.6. The van der Waals surface area contributed by atoms with Crippen LogP contribution in [0.25, 0.3) is 0 Å². The predicted octanol–water partition coefficient (Wildman–Crippen LogP) is 3.46. The lowest BCUT2D eigenvalue weighted by atomic mass is 10.0. The van der Waals surface area contributed by atoms with Gasteiger partial charge in [0, 0.05) is 4.90 Å². The molecule has 0 heterocycles. The lowest BCUT2D eigenvalue weighted by molar-refractivity contribution is 0.397. The number of hydrogen-bond acceptors (Lipinski definition) is 4. The fourth-order valence-corrected chi connectivity index (χ4v) is 4.15. The molecular weight excluding hydrogens is 323 g/mol. The molecule has 0 aromatic heterocycles. The summed E-state index contributed by atoms with van der Waals surface area (Å²) in [6.45, 7) is -4.26. The van der Waals surface area contributed by atoms with Gasteiger partial charge in [-0.2, -0.15) is 0 Å². The monoisotopic (exact) mass is 340 g/mol. The number of benzene rings is 2. The first-order valence-electron chi connectivity index (χ1n) is 6.68. The van der Waals surface area contributed by atoms with E-state index in [0.717, 1.165) is 24.0 Å². The highest BCUT2D eigenvalue weighted by Gasteiger charge is 2.18. The van der Waals surface area contributed by atoms with E-state index in [2.05, 4.69) is 0 Å². The number of phenols is 2. The maximum atomic E-state index is 11.1. The summed E-state index contributed by atoms with van der Waals surface area (Å²) in [5, 5.41) is 18.9. The summed E-state index contributed by atoms with van der Waals surface area (Å²) in [7, 11) is 0. The molecule has 0 saturated heterocycles. The Morgan fingerprint density at radius 3 is 2.36 bits per heavy atom. The average molecular weight is 340 g/mol. The Kier molecular flexibility index (Phi) is 5.53. The number of aromatic hydroxyl groups is 2. The van der Waals surface area contributed by atoms with Crippen LogP contribution in [0.3, 0.4) is 0 Å². The molecule has 0 aliphatic carbocycles. The second-order valence-electron chi connectivity index (χ2n) is 4.90. The lowest BCUT2D eigenvalue weighted by Crippen LogP contribution is -1.92. The molecule has 0 aliphatic heterocycles. The molecule has 0 unspecified atom stereocenters. The number of hydrogen-bond donors (Lipinski definition) is 4. The first-order chi connectivity index (χ1) is 10.3. The number of aryl methyl sites for hydroxylation is 2. The highest BCUT2D eigenvalue weighted by Crippen LogP contribution is 2.55. The summed E-state index contributed by atoms with van der Waals surface area (Å²) in [5.41, 5.74) is 1.79. The summed E-state index contributed by atoms with van der Waals surface area (Å²) in [5.74, 6) is 0.201. The minimum Gasteiger partial charge on any atom is -0.508 e. The van der Waals surface area contributed by atoms with Gasteiger partial charge in [-0.25, -0.2) is 4.57 Å². The van der Waals surface area contributed by atoms with Gasteiger partial charge in [-0.15, -0.1) is 0 Å². The van der Waals surface area contributed by atoms with Gasteiger partial charge in [0.15, 0.2) is 0 Å². The molecule has 22 heavy (non-hydrogen) atoms. The van der Waals surface area contributed by atoms with E-state index in [4.69, 9.17) is 9.79 Å². The molecule has 0 bridgehead atoms. The van der Waals surface area contributed by atoms with Crippen LogP contribution in [0.1, 0.15) is 17.5 Å². The molecule has 0 aliphatic rings.